The molecule has 1 heterocycles. The lowest BCUT2D eigenvalue weighted by Crippen LogP contribution is -1.90. The van der Waals surface area contributed by atoms with Crippen molar-refractivity contribution < 1.29 is 9.47 Å². The summed E-state index contributed by atoms with van der Waals surface area (Å²) in [5, 5.41) is 0. The molecular weight excluding hydrogens is 300 g/mol. The van der Waals surface area contributed by atoms with Crippen molar-refractivity contribution in [3.8, 4) is 28.6 Å². The lowest BCUT2D eigenvalue weighted by molar-refractivity contribution is 0.409. The van der Waals surface area contributed by atoms with Crippen LogP contribution in [-0.4, -0.2) is 17.1 Å². The van der Waals surface area contributed by atoms with Crippen LogP contribution in [0, 0.1) is 0 Å². The number of hydrogen-bond donors (Lipinski definition) is 1. The molecule has 1 aromatic heterocycles. The molecule has 0 aliphatic carbocycles. The fraction of sp³-hybridized carbons (Fsp3) is 0.0500. The summed E-state index contributed by atoms with van der Waals surface area (Å²) >= 11 is 0. The van der Waals surface area contributed by atoms with Gasteiger partial charge in [0.1, 0.15) is 23.1 Å². The maximum Gasteiger partial charge on any atom is 0.142 e. The van der Waals surface area contributed by atoms with Crippen molar-refractivity contribution >= 4 is 11.0 Å². The Balaban J connectivity index is 1.74. The first kappa shape index (κ1) is 14.3. The number of methoxy groups -OCH3 is 1. The van der Waals surface area contributed by atoms with Gasteiger partial charge in [-0.15, -0.1) is 0 Å². The zero-order valence-electron chi connectivity index (χ0n) is 13.2. The Hall–Kier alpha value is -3.27. The van der Waals surface area contributed by atoms with Crippen molar-refractivity contribution in [3.05, 3.63) is 72.8 Å². The number of H-pyrrole nitrogens is 1. The van der Waals surface area contributed by atoms with E-state index in [0.717, 1.165) is 39.7 Å². The fourth-order valence-electron chi connectivity index (χ4n) is 2.62. The van der Waals surface area contributed by atoms with Crippen molar-refractivity contribution in [2.24, 2.45) is 0 Å². The highest BCUT2D eigenvalue weighted by atomic mass is 16.5. The van der Waals surface area contributed by atoms with E-state index in [-0.39, 0.29) is 0 Å². The number of hydrogen-bond acceptors (Lipinski definition) is 3. The van der Waals surface area contributed by atoms with Crippen LogP contribution in [-0.2, 0) is 0 Å². The molecule has 1 N–H and O–H groups in total. The predicted molar refractivity (Wildman–Crippen MR) is 94.6 cm³/mol. The number of aromatic nitrogens is 2. The second-order valence-corrected chi connectivity index (χ2v) is 5.38. The van der Waals surface area contributed by atoms with E-state index < -0.39 is 0 Å². The SMILES string of the molecule is COc1cccc(Oc2ccccc2-c2nc3ccccc3[nH]2)c1. The van der Waals surface area contributed by atoms with Crippen LogP contribution in [0.25, 0.3) is 22.4 Å². The topological polar surface area (TPSA) is 47.1 Å². The van der Waals surface area contributed by atoms with Crippen LogP contribution >= 0.6 is 0 Å². The van der Waals surface area contributed by atoms with Crippen LogP contribution in [0.1, 0.15) is 0 Å². The standard InChI is InChI=1S/C20H16N2O2/c1-23-14-7-6-8-15(13-14)24-19-12-5-2-9-16(19)20-21-17-10-3-4-11-18(17)22-20/h2-13H,1H3,(H,21,22). The molecule has 0 aliphatic heterocycles. The normalized spacial score (nSPS) is 10.7. The fourth-order valence-corrected chi connectivity index (χ4v) is 2.62. The average molecular weight is 316 g/mol. The van der Waals surface area contributed by atoms with Crippen molar-refractivity contribution in [3.63, 3.8) is 0 Å². The maximum absolute atomic E-state index is 6.06. The molecule has 24 heavy (non-hydrogen) atoms. The van der Waals surface area contributed by atoms with Crippen LogP contribution in [0.3, 0.4) is 0 Å². The Morgan fingerprint density at radius 2 is 1.62 bits per heavy atom. The lowest BCUT2D eigenvalue weighted by atomic mass is 10.2. The maximum atomic E-state index is 6.06. The number of ether oxygens (including phenoxy) is 2. The van der Waals surface area contributed by atoms with Gasteiger partial charge in [0.25, 0.3) is 0 Å². The van der Waals surface area contributed by atoms with Gasteiger partial charge >= 0.3 is 0 Å². The van der Waals surface area contributed by atoms with E-state index in [1.165, 1.54) is 0 Å². The third kappa shape index (κ3) is 2.70. The summed E-state index contributed by atoms with van der Waals surface area (Å²) in [6, 6.07) is 23.4. The summed E-state index contributed by atoms with van der Waals surface area (Å²) in [4.78, 5) is 8.00. The molecule has 0 bridgehead atoms. The third-order valence-electron chi connectivity index (χ3n) is 3.80. The highest BCUT2D eigenvalue weighted by molar-refractivity contribution is 5.80. The predicted octanol–water partition coefficient (Wildman–Crippen LogP) is 5.03. The number of rotatable bonds is 4. The van der Waals surface area contributed by atoms with Gasteiger partial charge in [0.05, 0.1) is 23.7 Å². The Labute approximate surface area is 139 Å². The molecule has 0 fully saturated rings. The molecule has 4 nitrogen and oxygen atoms in total. The van der Waals surface area contributed by atoms with Crippen molar-refractivity contribution in [1.29, 1.82) is 0 Å². The number of nitrogens with zero attached hydrogens (tertiary/aromatic N) is 1. The van der Waals surface area contributed by atoms with Crippen molar-refractivity contribution in [2.75, 3.05) is 7.11 Å². The number of imidazole rings is 1. The van der Waals surface area contributed by atoms with E-state index in [1.54, 1.807) is 7.11 Å². The summed E-state index contributed by atoms with van der Waals surface area (Å²) in [6.07, 6.45) is 0. The number of fused-ring (bicyclic) bond motifs is 1. The van der Waals surface area contributed by atoms with Crippen molar-refractivity contribution in [1.82, 2.24) is 9.97 Å². The minimum absolute atomic E-state index is 0.720. The molecule has 0 saturated heterocycles. The second-order valence-electron chi connectivity index (χ2n) is 5.38. The highest BCUT2D eigenvalue weighted by Crippen LogP contribution is 2.33. The van der Waals surface area contributed by atoms with Gasteiger partial charge in [0, 0.05) is 6.07 Å². The molecule has 0 spiro atoms. The van der Waals surface area contributed by atoms with Crippen LogP contribution < -0.4 is 9.47 Å². The summed E-state index contributed by atoms with van der Waals surface area (Å²) in [5.41, 5.74) is 2.85. The smallest absolute Gasteiger partial charge is 0.142 e. The highest BCUT2D eigenvalue weighted by Gasteiger charge is 2.11. The Morgan fingerprint density at radius 3 is 2.50 bits per heavy atom. The van der Waals surface area contributed by atoms with E-state index in [1.807, 2.05) is 72.8 Å². The number of benzene rings is 3. The Kier molecular flexibility index (Phi) is 3.63. The third-order valence-corrected chi connectivity index (χ3v) is 3.80. The van der Waals surface area contributed by atoms with Gasteiger partial charge in [-0.1, -0.05) is 30.3 Å². The van der Waals surface area contributed by atoms with Gasteiger partial charge in [-0.25, -0.2) is 4.98 Å². The quantitative estimate of drug-likeness (QED) is 0.574. The largest absolute Gasteiger partial charge is 0.497 e. The van der Waals surface area contributed by atoms with Gasteiger partial charge in [-0.2, -0.15) is 0 Å². The van der Waals surface area contributed by atoms with E-state index in [9.17, 15) is 0 Å². The molecule has 0 atom stereocenters. The monoisotopic (exact) mass is 316 g/mol. The van der Waals surface area contributed by atoms with Crippen LogP contribution in [0.15, 0.2) is 72.8 Å². The molecule has 118 valence electrons. The minimum atomic E-state index is 0.720. The van der Waals surface area contributed by atoms with E-state index >= 15 is 0 Å². The van der Waals surface area contributed by atoms with E-state index in [0.29, 0.717) is 0 Å². The van der Waals surface area contributed by atoms with Gasteiger partial charge in [0.2, 0.25) is 0 Å². The molecule has 0 aliphatic rings. The van der Waals surface area contributed by atoms with E-state index in [4.69, 9.17) is 9.47 Å². The first-order chi connectivity index (χ1) is 11.8. The minimum Gasteiger partial charge on any atom is -0.497 e. The van der Waals surface area contributed by atoms with Crippen LogP contribution in [0.4, 0.5) is 0 Å². The molecule has 4 rings (SSSR count). The average Bonchev–Trinajstić information content (AvgIpc) is 3.06. The second kappa shape index (κ2) is 6.08. The summed E-state index contributed by atoms with van der Waals surface area (Å²) in [5.74, 6) is 3.01. The molecule has 0 saturated carbocycles. The number of nitrogens with one attached hydrogen (secondary N) is 1. The zero-order valence-corrected chi connectivity index (χ0v) is 13.2. The summed E-state index contributed by atoms with van der Waals surface area (Å²) in [6.45, 7) is 0. The number of para-hydroxylation sites is 3. The van der Waals surface area contributed by atoms with Gasteiger partial charge < -0.3 is 14.5 Å². The molecule has 0 radical (unpaired) electrons. The molecular formula is C20H16N2O2. The Morgan fingerprint density at radius 1 is 0.833 bits per heavy atom. The first-order valence-corrected chi connectivity index (χ1v) is 7.69. The zero-order chi connectivity index (χ0) is 16.4. The molecule has 0 unspecified atom stereocenters. The first-order valence-electron chi connectivity index (χ1n) is 7.69. The van der Waals surface area contributed by atoms with Gasteiger partial charge in [0.15, 0.2) is 0 Å². The molecule has 3 aromatic carbocycles. The number of aromatic amines is 1. The molecule has 4 aromatic rings. The van der Waals surface area contributed by atoms with Crippen LogP contribution in [0.2, 0.25) is 0 Å². The molecule has 4 heteroatoms. The van der Waals surface area contributed by atoms with E-state index in [2.05, 4.69) is 9.97 Å². The van der Waals surface area contributed by atoms with Gasteiger partial charge in [-0.05, 0) is 36.4 Å². The lowest BCUT2D eigenvalue weighted by Gasteiger charge is -2.10. The molecule has 0 amide bonds. The Bertz CT molecular complexity index is 959. The summed E-state index contributed by atoms with van der Waals surface area (Å²) in [7, 11) is 1.64. The van der Waals surface area contributed by atoms with Crippen molar-refractivity contribution in [2.45, 2.75) is 0 Å². The van der Waals surface area contributed by atoms with Gasteiger partial charge in [-0.3, -0.25) is 0 Å². The summed E-state index contributed by atoms with van der Waals surface area (Å²) < 4.78 is 11.3. The van der Waals surface area contributed by atoms with Crippen LogP contribution in [0.5, 0.6) is 17.2 Å².